The summed E-state index contributed by atoms with van der Waals surface area (Å²) in [6.07, 6.45) is 0.919. The molecule has 0 saturated carbocycles. The van der Waals surface area contributed by atoms with Gasteiger partial charge >= 0.3 is 5.97 Å². The lowest BCUT2D eigenvalue weighted by Crippen LogP contribution is -2.26. The van der Waals surface area contributed by atoms with Gasteiger partial charge in [0.15, 0.2) is 0 Å². The number of rotatable bonds is 7. The van der Waals surface area contributed by atoms with Gasteiger partial charge in [0.1, 0.15) is 0 Å². The largest absolute Gasteiger partial charge is 0.481 e. The number of carboxylic acids is 1. The van der Waals surface area contributed by atoms with E-state index in [1.807, 2.05) is 6.92 Å². The molecule has 0 rings (SSSR count). The molecule has 82 valence electrons. The number of carboxylic acid groups (broad SMARTS) is 1. The van der Waals surface area contributed by atoms with Gasteiger partial charge in [-0.05, 0) is 6.42 Å². The van der Waals surface area contributed by atoms with Crippen molar-refractivity contribution in [1.82, 2.24) is 5.32 Å². The molecule has 1 atom stereocenters. The predicted molar refractivity (Wildman–Crippen MR) is 57.4 cm³/mol. The summed E-state index contributed by atoms with van der Waals surface area (Å²) in [6, 6.07) is 0. The Bertz CT molecular complexity index is 196. The monoisotopic (exact) mass is 219 g/mol. The number of amides is 1. The topological polar surface area (TPSA) is 66.4 Å². The second-order valence-corrected chi connectivity index (χ2v) is 4.13. The fourth-order valence-electron chi connectivity index (χ4n) is 0.715. The van der Waals surface area contributed by atoms with Crippen LogP contribution < -0.4 is 5.32 Å². The normalized spacial score (nSPS) is 12.1. The SMILES string of the molecule is CCCNC(=O)CSCC(C)C(=O)O. The highest BCUT2D eigenvalue weighted by atomic mass is 32.2. The minimum absolute atomic E-state index is 0.0190. The Hall–Kier alpha value is -0.710. The molecule has 2 N–H and O–H groups in total. The molecule has 0 saturated heterocycles. The number of aliphatic carboxylic acids is 1. The fraction of sp³-hybridized carbons (Fsp3) is 0.778. The summed E-state index contributed by atoms with van der Waals surface area (Å²) in [5.74, 6) is -0.396. The Kier molecular flexibility index (Phi) is 7.28. The molecule has 0 aromatic heterocycles. The van der Waals surface area contributed by atoms with Crippen molar-refractivity contribution in [3.05, 3.63) is 0 Å². The van der Waals surface area contributed by atoms with Crippen LogP contribution >= 0.6 is 11.8 Å². The first-order valence-corrected chi connectivity index (χ1v) is 5.80. The second-order valence-electron chi connectivity index (χ2n) is 3.10. The highest BCUT2D eigenvalue weighted by Gasteiger charge is 2.11. The van der Waals surface area contributed by atoms with Crippen molar-refractivity contribution in [2.45, 2.75) is 20.3 Å². The molecule has 4 nitrogen and oxygen atoms in total. The molecule has 0 aromatic carbocycles. The van der Waals surface area contributed by atoms with Gasteiger partial charge in [0.2, 0.25) is 5.91 Å². The van der Waals surface area contributed by atoms with Gasteiger partial charge in [-0.1, -0.05) is 13.8 Å². The van der Waals surface area contributed by atoms with E-state index in [0.717, 1.165) is 6.42 Å². The lowest BCUT2D eigenvalue weighted by atomic mass is 10.2. The molecule has 0 aliphatic rings. The first-order chi connectivity index (χ1) is 6.57. The molecule has 0 fully saturated rings. The fourth-order valence-corrected chi connectivity index (χ4v) is 1.62. The van der Waals surface area contributed by atoms with Gasteiger partial charge in [-0.25, -0.2) is 0 Å². The second kappa shape index (κ2) is 7.67. The molecule has 5 heteroatoms. The van der Waals surface area contributed by atoms with Crippen molar-refractivity contribution in [3.8, 4) is 0 Å². The zero-order chi connectivity index (χ0) is 11.0. The third-order valence-corrected chi connectivity index (χ3v) is 2.80. The van der Waals surface area contributed by atoms with Crippen molar-refractivity contribution in [1.29, 1.82) is 0 Å². The van der Waals surface area contributed by atoms with E-state index < -0.39 is 5.97 Å². The standard InChI is InChI=1S/C9H17NO3S/c1-3-4-10-8(11)6-14-5-7(2)9(12)13/h7H,3-6H2,1-2H3,(H,10,11)(H,12,13). The summed E-state index contributed by atoms with van der Waals surface area (Å²) >= 11 is 1.36. The van der Waals surface area contributed by atoms with Crippen LogP contribution in [0.2, 0.25) is 0 Å². The average molecular weight is 219 g/mol. The molecule has 0 bridgehead atoms. The molecule has 0 radical (unpaired) electrons. The average Bonchev–Trinajstić information content (AvgIpc) is 2.14. The van der Waals surface area contributed by atoms with Gasteiger partial charge in [-0.3, -0.25) is 9.59 Å². The smallest absolute Gasteiger partial charge is 0.307 e. The van der Waals surface area contributed by atoms with E-state index in [1.165, 1.54) is 11.8 Å². The Morgan fingerprint density at radius 1 is 1.50 bits per heavy atom. The molecule has 0 aliphatic heterocycles. The third kappa shape index (κ3) is 6.77. The lowest BCUT2D eigenvalue weighted by molar-refractivity contribution is -0.140. The van der Waals surface area contributed by atoms with E-state index in [1.54, 1.807) is 6.92 Å². The summed E-state index contributed by atoms with van der Waals surface area (Å²) in [7, 11) is 0. The van der Waals surface area contributed by atoms with Crippen LogP contribution in [-0.4, -0.2) is 35.0 Å². The summed E-state index contributed by atoms with van der Waals surface area (Å²) in [5.41, 5.74) is 0. The molecule has 0 aliphatic carbocycles. The Morgan fingerprint density at radius 2 is 2.14 bits per heavy atom. The minimum atomic E-state index is -0.813. The van der Waals surface area contributed by atoms with Crippen LogP contribution in [0.3, 0.4) is 0 Å². The maximum Gasteiger partial charge on any atom is 0.307 e. The number of carbonyl (C=O) groups is 2. The van der Waals surface area contributed by atoms with Gasteiger partial charge in [-0.2, -0.15) is 11.8 Å². The minimum Gasteiger partial charge on any atom is -0.481 e. The molecule has 0 heterocycles. The summed E-state index contributed by atoms with van der Waals surface area (Å²) in [4.78, 5) is 21.5. The van der Waals surface area contributed by atoms with Crippen molar-refractivity contribution >= 4 is 23.6 Å². The number of thioether (sulfide) groups is 1. The highest BCUT2D eigenvalue weighted by molar-refractivity contribution is 7.99. The van der Waals surface area contributed by atoms with Crippen molar-refractivity contribution in [2.75, 3.05) is 18.1 Å². The molecule has 0 spiro atoms. The van der Waals surface area contributed by atoms with Crippen LogP contribution in [0.5, 0.6) is 0 Å². The summed E-state index contributed by atoms with van der Waals surface area (Å²) in [5, 5.41) is 11.3. The molecule has 0 aromatic rings. The van der Waals surface area contributed by atoms with Crippen LogP contribution in [0.25, 0.3) is 0 Å². The zero-order valence-electron chi connectivity index (χ0n) is 8.58. The maximum absolute atomic E-state index is 11.1. The third-order valence-electron chi connectivity index (χ3n) is 1.59. The van der Waals surface area contributed by atoms with E-state index in [4.69, 9.17) is 5.11 Å². The quantitative estimate of drug-likeness (QED) is 0.669. The number of hydrogen-bond acceptors (Lipinski definition) is 3. The first-order valence-electron chi connectivity index (χ1n) is 4.65. The van der Waals surface area contributed by atoms with Gasteiger partial charge in [0.25, 0.3) is 0 Å². The maximum atomic E-state index is 11.1. The van der Waals surface area contributed by atoms with E-state index >= 15 is 0 Å². The van der Waals surface area contributed by atoms with Gasteiger partial charge in [0, 0.05) is 12.3 Å². The van der Waals surface area contributed by atoms with E-state index in [2.05, 4.69) is 5.32 Å². The molecule has 1 amide bonds. The highest BCUT2D eigenvalue weighted by Crippen LogP contribution is 2.07. The number of hydrogen-bond donors (Lipinski definition) is 2. The van der Waals surface area contributed by atoms with Crippen LogP contribution in [0, 0.1) is 5.92 Å². The Labute approximate surface area is 88.4 Å². The lowest BCUT2D eigenvalue weighted by Gasteiger charge is -2.05. The van der Waals surface area contributed by atoms with Crippen LogP contribution in [0.4, 0.5) is 0 Å². The first kappa shape index (κ1) is 13.3. The molecule has 14 heavy (non-hydrogen) atoms. The molecular formula is C9H17NO3S. The van der Waals surface area contributed by atoms with Crippen molar-refractivity contribution < 1.29 is 14.7 Å². The molecular weight excluding hydrogens is 202 g/mol. The van der Waals surface area contributed by atoms with Crippen LogP contribution in [0.15, 0.2) is 0 Å². The van der Waals surface area contributed by atoms with Gasteiger partial charge in [0.05, 0.1) is 11.7 Å². The molecule has 1 unspecified atom stereocenters. The Morgan fingerprint density at radius 3 is 2.64 bits per heavy atom. The van der Waals surface area contributed by atoms with E-state index in [9.17, 15) is 9.59 Å². The van der Waals surface area contributed by atoms with Crippen molar-refractivity contribution in [2.24, 2.45) is 5.92 Å². The van der Waals surface area contributed by atoms with E-state index in [-0.39, 0.29) is 11.8 Å². The Balaban J connectivity index is 3.44. The van der Waals surface area contributed by atoms with Crippen molar-refractivity contribution in [3.63, 3.8) is 0 Å². The predicted octanol–water partition coefficient (Wildman–Crippen LogP) is 0.966. The van der Waals surface area contributed by atoms with Gasteiger partial charge < -0.3 is 10.4 Å². The van der Waals surface area contributed by atoms with Crippen LogP contribution in [-0.2, 0) is 9.59 Å². The van der Waals surface area contributed by atoms with E-state index in [0.29, 0.717) is 18.1 Å². The van der Waals surface area contributed by atoms with Crippen LogP contribution in [0.1, 0.15) is 20.3 Å². The summed E-state index contributed by atoms with van der Waals surface area (Å²) in [6.45, 7) is 4.31. The zero-order valence-corrected chi connectivity index (χ0v) is 9.39. The van der Waals surface area contributed by atoms with Gasteiger partial charge in [-0.15, -0.1) is 0 Å². The summed E-state index contributed by atoms with van der Waals surface area (Å²) < 4.78 is 0. The number of carbonyl (C=O) groups excluding carboxylic acids is 1. The number of nitrogens with one attached hydrogen (secondary N) is 1.